The lowest BCUT2D eigenvalue weighted by molar-refractivity contribution is -0.144. The molecule has 1 aromatic rings. The zero-order chi connectivity index (χ0) is 12.7. The normalized spacial score (nSPS) is 17.8. The van der Waals surface area contributed by atoms with E-state index in [-0.39, 0.29) is 17.5 Å². The predicted octanol–water partition coefficient (Wildman–Crippen LogP) is -0.181. The van der Waals surface area contributed by atoms with E-state index in [0.29, 0.717) is 12.8 Å². The van der Waals surface area contributed by atoms with Gasteiger partial charge in [-0.15, -0.1) is 0 Å². The molecule has 7 nitrogen and oxygen atoms in total. The van der Waals surface area contributed by atoms with Gasteiger partial charge in [0.25, 0.3) is 0 Å². The van der Waals surface area contributed by atoms with Crippen LogP contribution in [0.15, 0.2) is 4.52 Å². The number of esters is 1. The summed E-state index contributed by atoms with van der Waals surface area (Å²) in [5, 5.41) is 3.55. The third kappa shape index (κ3) is 2.31. The number of ether oxygens (including phenoxy) is 1. The number of methoxy groups -OCH3 is 1. The van der Waals surface area contributed by atoms with E-state index in [1.165, 1.54) is 7.11 Å². The lowest BCUT2D eigenvalue weighted by Crippen LogP contribution is -2.22. The Kier molecular flexibility index (Phi) is 2.69. The monoisotopic (exact) mass is 260 g/mol. The molecule has 0 spiro atoms. The molecule has 0 radical (unpaired) electrons. The van der Waals surface area contributed by atoms with Gasteiger partial charge < -0.3 is 9.26 Å². The molecular formula is C9H12N2O5S. The van der Waals surface area contributed by atoms with Crippen LogP contribution in [0.1, 0.15) is 24.6 Å². The van der Waals surface area contributed by atoms with Crippen molar-refractivity contribution in [3.05, 3.63) is 11.7 Å². The number of hydrogen-bond acceptors (Lipinski definition) is 7. The molecule has 0 saturated heterocycles. The fourth-order valence-corrected chi connectivity index (χ4v) is 2.15. The van der Waals surface area contributed by atoms with Gasteiger partial charge in [0.15, 0.2) is 15.7 Å². The van der Waals surface area contributed by atoms with Crippen LogP contribution in [0, 0.1) is 0 Å². The van der Waals surface area contributed by atoms with Crippen LogP contribution in [0.2, 0.25) is 0 Å². The summed E-state index contributed by atoms with van der Waals surface area (Å²) in [6, 6.07) is 0. The molecule has 0 aliphatic heterocycles. The van der Waals surface area contributed by atoms with Gasteiger partial charge >= 0.3 is 5.97 Å². The number of carbonyl (C=O) groups is 1. The summed E-state index contributed by atoms with van der Waals surface area (Å²) in [6.45, 7) is 0. The number of carbonyl (C=O) groups excluding carboxylic acids is 1. The van der Waals surface area contributed by atoms with Gasteiger partial charge in [-0.05, 0) is 12.8 Å². The minimum Gasteiger partial charge on any atom is -0.468 e. The van der Waals surface area contributed by atoms with Gasteiger partial charge in [0, 0.05) is 6.26 Å². The highest BCUT2D eigenvalue weighted by molar-refractivity contribution is 7.89. The third-order valence-corrected chi connectivity index (χ3v) is 3.38. The van der Waals surface area contributed by atoms with E-state index in [0.717, 1.165) is 6.26 Å². The zero-order valence-electron chi connectivity index (χ0n) is 9.47. The first-order chi connectivity index (χ1) is 7.87. The van der Waals surface area contributed by atoms with Crippen molar-refractivity contribution in [1.82, 2.24) is 10.1 Å². The largest absolute Gasteiger partial charge is 0.468 e. The van der Waals surface area contributed by atoms with Crippen molar-refractivity contribution in [2.24, 2.45) is 0 Å². The number of rotatable bonds is 4. The molecule has 0 amide bonds. The first-order valence-electron chi connectivity index (χ1n) is 4.96. The van der Waals surface area contributed by atoms with Gasteiger partial charge in [-0.3, -0.25) is 4.79 Å². The minimum atomic E-state index is -3.22. The van der Waals surface area contributed by atoms with Crippen molar-refractivity contribution in [2.45, 2.75) is 24.0 Å². The molecule has 1 aliphatic carbocycles. The molecule has 0 bridgehead atoms. The Hall–Kier alpha value is -1.44. The molecule has 1 fully saturated rings. The van der Waals surface area contributed by atoms with E-state index < -0.39 is 21.2 Å². The Bertz CT molecular complexity index is 543. The van der Waals surface area contributed by atoms with Crippen LogP contribution in [-0.2, 0) is 30.5 Å². The predicted molar refractivity (Wildman–Crippen MR) is 55.8 cm³/mol. The molecule has 0 N–H and O–H groups in total. The van der Waals surface area contributed by atoms with Crippen LogP contribution in [0.3, 0.4) is 0 Å². The van der Waals surface area contributed by atoms with Crippen molar-refractivity contribution < 1.29 is 22.5 Å². The molecule has 0 aromatic carbocycles. The van der Waals surface area contributed by atoms with E-state index in [9.17, 15) is 13.2 Å². The van der Waals surface area contributed by atoms with E-state index in [4.69, 9.17) is 4.52 Å². The second-order valence-corrected chi connectivity index (χ2v) is 6.30. The molecule has 1 heterocycles. The summed E-state index contributed by atoms with van der Waals surface area (Å²) in [5.41, 5.74) is -0.850. The van der Waals surface area contributed by atoms with Crippen molar-refractivity contribution in [3.63, 3.8) is 0 Å². The Morgan fingerprint density at radius 2 is 2.18 bits per heavy atom. The molecule has 1 aliphatic rings. The van der Waals surface area contributed by atoms with E-state index in [1.807, 2.05) is 0 Å². The fourth-order valence-electron chi connectivity index (χ4n) is 1.57. The Labute approximate surface area is 98.1 Å². The van der Waals surface area contributed by atoms with Gasteiger partial charge in [0.1, 0.15) is 11.2 Å². The van der Waals surface area contributed by atoms with Crippen LogP contribution in [-0.4, -0.2) is 37.9 Å². The van der Waals surface area contributed by atoms with Crippen molar-refractivity contribution in [3.8, 4) is 0 Å². The quantitative estimate of drug-likeness (QED) is 0.692. The number of aromatic nitrogens is 2. The molecule has 1 saturated carbocycles. The second-order valence-electron chi connectivity index (χ2n) is 4.16. The smallest absolute Gasteiger partial charge is 0.321 e. The molecule has 17 heavy (non-hydrogen) atoms. The summed E-state index contributed by atoms with van der Waals surface area (Å²) in [5.74, 6) is -0.513. The first-order valence-corrected chi connectivity index (χ1v) is 7.03. The molecule has 8 heteroatoms. The van der Waals surface area contributed by atoms with E-state index in [2.05, 4.69) is 14.9 Å². The highest BCUT2D eigenvalue weighted by Gasteiger charge is 2.57. The SMILES string of the molecule is COC(=O)C1(c2nc(CS(C)(=O)=O)no2)CC1. The van der Waals surface area contributed by atoms with E-state index in [1.54, 1.807) is 0 Å². The molecular weight excluding hydrogens is 248 g/mol. The highest BCUT2D eigenvalue weighted by Crippen LogP contribution is 2.48. The lowest BCUT2D eigenvalue weighted by atomic mass is 10.1. The minimum absolute atomic E-state index is 0.0673. The van der Waals surface area contributed by atoms with Gasteiger partial charge in [0.05, 0.1) is 7.11 Å². The Morgan fingerprint density at radius 1 is 1.53 bits per heavy atom. The maximum absolute atomic E-state index is 11.5. The molecule has 0 unspecified atom stereocenters. The molecule has 0 atom stereocenters. The summed E-state index contributed by atoms with van der Waals surface area (Å²) in [7, 11) is -1.93. The molecule has 2 rings (SSSR count). The average molecular weight is 260 g/mol. The summed E-state index contributed by atoms with van der Waals surface area (Å²) in [4.78, 5) is 15.5. The van der Waals surface area contributed by atoms with Gasteiger partial charge in [-0.25, -0.2) is 8.42 Å². The Balaban J connectivity index is 2.22. The standard InChI is InChI=1S/C9H12N2O5S/c1-15-8(12)9(3-4-9)7-10-6(11-16-7)5-17(2,13)14/h3-5H2,1-2H3. The summed E-state index contributed by atoms with van der Waals surface area (Å²) in [6.07, 6.45) is 2.25. The highest BCUT2D eigenvalue weighted by atomic mass is 32.2. The number of hydrogen-bond donors (Lipinski definition) is 0. The lowest BCUT2D eigenvalue weighted by Gasteiger charge is -2.05. The van der Waals surface area contributed by atoms with E-state index >= 15 is 0 Å². The molecule has 1 aromatic heterocycles. The summed E-state index contributed by atoms with van der Waals surface area (Å²) < 4.78 is 31.7. The average Bonchev–Trinajstić information content (AvgIpc) is 2.92. The Morgan fingerprint density at radius 3 is 2.65 bits per heavy atom. The van der Waals surface area contributed by atoms with Crippen LogP contribution < -0.4 is 0 Å². The molecule has 94 valence electrons. The van der Waals surface area contributed by atoms with Crippen LogP contribution in [0.5, 0.6) is 0 Å². The first kappa shape index (κ1) is 12.0. The number of sulfone groups is 1. The topological polar surface area (TPSA) is 99.4 Å². The maximum atomic E-state index is 11.5. The third-order valence-electron chi connectivity index (χ3n) is 2.59. The van der Waals surface area contributed by atoms with Crippen LogP contribution in [0.4, 0.5) is 0 Å². The van der Waals surface area contributed by atoms with Gasteiger partial charge in [0.2, 0.25) is 5.89 Å². The summed E-state index contributed by atoms with van der Waals surface area (Å²) >= 11 is 0. The zero-order valence-corrected chi connectivity index (χ0v) is 10.3. The van der Waals surface area contributed by atoms with Crippen LogP contribution in [0.25, 0.3) is 0 Å². The van der Waals surface area contributed by atoms with Crippen molar-refractivity contribution in [2.75, 3.05) is 13.4 Å². The maximum Gasteiger partial charge on any atom is 0.321 e. The van der Waals surface area contributed by atoms with Gasteiger partial charge in [-0.1, -0.05) is 5.16 Å². The van der Waals surface area contributed by atoms with Crippen molar-refractivity contribution in [1.29, 1.82) is 0 Å². The van der Waals surface area contributed by atoms with Crippen molar-refractivity contribution >= 4 is 15.8 Å². The van der Waals surface area contributed by atoms with Gasteiger partial charge in [-0.2, -0.15) is 4.98 Å². The van der Waals surface area contributed by atoms with Crippen LogP contribution >= 0.6 is 0 Å². The fraction of sp³-hybridized carbons (Fsp3) is 0.667. The number of nitrogens with zero attached hydrogens (tertiary/aromatic N) is 2. The second kappa shape index (κ2) is 3.80.